The fourth-order valence-electron chi connectivity index (χ4n) is 1.41. The Balaban J connectivity index is 2.21. The fourth-order valence-corrected chi connectivity index (χ4v) is 1.41. The Morgan fingerprint density at radius 2 is 1.65 bits per heavy atom. The topological polar surface area (TPSA) is 42.9 Å². The third-order valence-corrected chi connectivity index (χ3v) is 2.15. The quantitative estimate of drug-likeness (QED) is 0.764. The Morgan fingerprint density at radius 3 is 2.18 bits per heavy atom. The highest BCUT2D eigenvalue weighted by molar-refractivity contribution is 5.73. The minimum atomic E-state index is -0.635. The highest BCUT2D eigenvalue weighted by atomic mass is 19.1. The van der Waals surface area contributed by atoms with Gasteiger partial charge in [0.25, 0.3) is 0 Å². The van der Waals surface area contributed by atoms with Crippen LogP contribution >= 0.6 is 0 Å². The lowest BCUT2D eigenvalue weighted by Crippen LogP contribution is -1.98. The first-order chi connectivity index (χ1) is 8.17. The summed E-state index contributed by atoms with van der Waals surface area (Å²) < 4.78 is 25.8. The molecule has 0 saturated heterocycles. The average molecular weight is 234 g/mol. The molecule has 0 atom stereocenters. The Hall–Kier alpha value is -2.17. The summed E-state index contributed by atoms with van der Waals surface area (Å²) in [6.07, 6.45) is 3.58. The van der Waals surface area contributed by atoms with E-state index in [9.17, 15) is 13.6 Å². The smallest absolute Gasteiger partial charge is 0.153 e. The number of halogens is 2. The van der Waals surface area contributed by atoms with Gasteiger partial charge in [-0.15, -0.1) is 0 Å². The van der Waals surface area contributed by atoms with Crippen LogP contribution < -0.4 is 0 Å². The maximum absolute atomic E-state index is 12.9. The molecule has 0 saturated carbocycles. The zero-order valence-corrected chi connectivity index (χ0v) is 8.73. The number of carbonyl (C=O) groups excluding carboxylic acids is 1. The van der Waals surface area contributed by atoms with E-state index >= 15 is 0 Å². The minimum Gasteiger partial charge on any atom is -0.298 e. The maximum Gasteiger partial charge on any atom is 0.153 e. The molecule has 3 nitrogen and oxygen atoms in total. The molecule has 0 aliphatic rings. The molecule has 0 N–H and O–H groups in total. The standard InChI is InChI=1S/C12H8F2N2O/c13-10-1-8(2-11(14)4-10)3-12-15-5-9(7-17)6-16-12/h1-2,4-7H,3H2. The van der Waals surface area contributed by atoms with E-state index in [-0.39, 0.29) is 6.42 Å². The van der Waals surface area contributed by atoms with Crippen LogP contribution in [0.4, 0.5) is 8.78 Å². The van der Waals surface area contributed by atoms with Gasteiger partial charge in [-0.05, 0) is 17.7 Å². The molecule has 5 heteroatoms. The summed E-state index contributed by atoms with van der Waals surface area (Å²) in [5, 5.41) is 0. The zero-order valence-electron chi connectivity index (χ0n) is 8.73. The molecule has 0 aliphatic carbocycles. The van der Waals surface area contributed by atoms with Crippen molar-refractivity contribution >= 4 is 6.29 Å². The van der Waals surface area contributed by atoms with Crippen LogP contribution in [0.5, 0.6) is 0 Å². The largest absolute Gasteiger partial charge is 0.298 e. The van der Waals surface area contributed by atoms with Crippen LogP contribution in [-0.4, -0.2) is 16.3 Å². The lowest BCUT2D eigenvalue weighted by Gasteiger charge is -2.01. The van der Waals surface area contributed by atoms with E-state index in [1.165, 1.54) is 24.5 Å². The van der Waals surface area contributed by atoms with Crippen LogP contribution in [0.15, 0.2) is 30.6 Å². The number of aromatic nitrogens is 2. The van der Waals surface area contributed by atoms with E-state index in [4.69, 9.17) is 0 Å². The number of hydrogen-bond donors (Lipinski definition) is 0. The van der Waals surface area contributed by atoms with Gasteiger partial charge in [-0.1, -0.05) is 0 Å². The van der Waals surface area contributed by atoms with Crippen molar-refractivity contribution in [3.05, 3.63) is 59.2 Å². The molecule has 0 fully saturated rings. The Labute approximate surface area is 96.2 Å². The SMILES string of the molecule is O=Cc1cnc(Cc2cc(F)cc(F)c2)nc1. The van der Waals surface area contributed by atoms with Gasteiger partial charge in [-0.25, -0.2) is 18.7 Å². The summed E-state index contributed by atoms with van der Waals surface area (Å²) >= 11 is 0. The second-order valence-corrected chi connectivity index (χ2v) is 3.50. The average Bonchev–Trinajstić information content (AvgIpc) is 2.28. The van der Waals surface area contributed by atoms with Gasteiger partial charge in [0.05, 0.1) is 5.56 Å². The lowest BCUT2D eigenvalue weighted by molar-refractivity contribution is 0.112. The highest BCUT2D eigenvalue weighted by Gasteiger charge is 2.04. The molecule has 17 heavy (non-hydrogen) atoms. The number of hydrogen-bond acceptors (Lipinski definition) is 3. The molecule has 0 amide bonds. The Morgan fingerprint density at radius 1 is 1.06 bits per heavy atom. The Kier molecular flexibility index (Phi) is 3.18. The number of aldehydes is 1. The van der Waals surface area contributed by atoms with Gasteiger partial charge in [0, 0.05) is 24.9 Å². The number of rotatable bonds is 3. The third kappa shape index (κ3) is 2.90. The lowest BCUT2D eigenvalue weighted by atomic mass is 10.1. The predicted octanol–water partition coefficient (Wildman–Crippen LogP) is 2.16. The second-order valence-electron chi connectivity index (χ2n) is 3.50. The molecular weight excluding hydrogens is 226 g/mol. The summed E-state index contributed by atoms with van der Waals surface area (Å²) in [5.41, 5.74) is 0.806. The first-order valence-electron chi connectivity index (χ1n) is 4.88. The van der Waals surface area contributed by atoms with Crippen molar-refractivity contribution in [2.45, 2.75) is 6.42 Å². The van der Waals surface area contributed by atoms with Crippen molar-refractivity contribution in [3.63, 3.8) is 0 Å². The van der Waals surface area contributed by atoms with Gasteiger partial charge < -0.3 is 0 Å². The highest BCUT2D eigenvalue weighted by Crippen LogP contribution is 2.10. The van der Waals surface area contributed by atoms with Crippen molar-refractivity contribution in [1.82, 2.24) is 9.97 Å². The zero-order chi connectivity index (χ0) is 12.3. The van der Waals surface area contributed by atoms with Gasteiger partial charge in [0.1, 0.15) is 17.5 Å². The van der Waals surface area contributed by atoms with Crippen molar-refractivity contribution in [2.75, 3.05) is 0 Å². The summed E-state index contributed by atoms with van der Waals surface area (Å²) in [5.74, 6) is -0.866. The molecule has 0 radical (unpaired) electrons. The Bertz CT molecular complexity index is 520. The molecule has 86 valence electrons. The van der Waals surface area contributed by atoms with Crippen LogP contribution in [0.1, 0.15) is 21.7 Å². The summed E-state index contributed by atoms with van der Waals surface area (Å²) in [6, 6.07) is 3.25. The molecule has 0 spiro atoms. The summed E-state index contributed by atoms with van der Waals surface area (Å²) in [7, 11) is 0. The van der Waals surface area contributed by atoms with Gasteiger partial charge in [-0.3, -0.25) is 4.79 Å². The van der Waals surface area contributed by atoms with Crippen molar-refractivity contribution in [1.29, 1.82) is 0 Å². The van der Waals surface area contributed by atoms with Crippen LogP contribution in [0.2, 0.25) is 0 Å². The first-order valence-corrected chi connectivity index (χ1v) is 4.88. The molecule has 0 unspecified atom stereocenters. The van der Waals surface area contributed by atoms with E-state index in [1.54, 1.807) is 0 Å². The molecule has 2 aromatic rings. The molecule has 1 aromatic carbocycles. The van der Waals surface area contributed by atoms with Crippen LogP contribution in [0.25, 0.3) is 0 Å². The van der Waals surface area contributed by atoms with Gasteiger partial charge in [-0.2, -0.15) is 0 Å². The third-order valence-electron chi connectivity index (χ3n) is 2.15. The van der Waals surface area contributed by atoms with E-state index in [2.05, 4.69) is 9.97 Å². The second kappa shape index (κ2) is 4.78. The molecule has 1 heterocycles. The molecule has 1 aromatic heterocycles. The van der Waals surface area contributed by atoms with Crippen LogP contribution in [0, 0.1) is 11.6 Å². The van der Waals surface area contributed by atoms with Gasteiger partial charge in [0.15, 0.2) is 6.29 Å². The first kappa shape index (κ1) is 11.3. The van der Waals surface area contributed by atoms with Gasteiger partial charge >= 0.3 is 0 Å². The predicted molar refractivity (Wildman–Crippen MR) is 56.6 cm³/mol. The van der Waals surface area contributed by atoms with E-state index < -0.39 is 11.6 Å². The minimum absolute atomic E-state index is 0.216. The number of nitrogens with zero attached hydrogens (tertiary/aromatic N) is 2. The number of benzene rings is 1. The molecule has 0 bridgehead atoms. The van der Waals surface area contributed by atoms with Crippen molar-refractivity contribution in [2.24, 2.45) is 0 Å². The van der Waals surface area contributed by atoms with Crippen molar-refractivity contribution in [3.8, 4) is 0 Å². The van der Waals surface area contributed by atoms with E-state index in [0.717, 1.165) is 6.07 Å². The van der Waals surface area contributed by atoms with Crippen molar-refractivity contribution < 1.29 is 13.6 Å². The summed E-state index contributed by atoms with van der Waals surface area (Å²) in [4.78, 5) is 18.2. The number of carbonyl (C=O) groups is 1. The van der Waals surface area contributed by atoms with E-state index in [1.807, 2.05) is 0 Å². The summed E-state index contributed by atoms with van der Waals surface area (Å²) in [6.45, 7) is 0. The fraction of sp³-hybridized carbons (Fsp3) is 0.0833. The molecule has 0 aliphatic heterocycles. The monoisotopic (exact) mass is 234 g/mol. The molecule has 2 rings (SSSR count). The van der Waals surface area contributed by atoms with Crippen LogP contribution in [0.3, 0.4) is 0 Å². The van der Waals surface area contributed by atoms with E-state index in [0.29, 0.717) is 23.2 Å². The normalized spacial score (nSPS) is 10.2. The van der Waals surface area contributed by atoms with Crippen LogP contribution in [-0.2, 0) is 6.42 Å². The molecular formula is C12H8F2N2O. The van der Waals surface area contributed by atoms with Gasteiger partial charge in [0.2, 0.25) is 0 Å². The maximum atomic E-state index is 12.9.